The topological polar surface area (TPSA) is 9.23 Å². The van der Waals surface area contributed by atoms with Gasteiger partial charge in [0.25, 0.3) is 0 Å². The Bertz CT molecular complexity index is 2030. The summed E-state index contributed by atoms with van der Waals surface area (Å²) in [5.41, 5.74) is 4.87. The zero-order chi connectivity index (χ0) is 35.3. The van der Waals surface area contributed by atoms with Gasteiger partial charge in [0.05, 0.1) is 0 Å². The summed E-state index contributed by atoms with van der Waals surface area (Å²) in [5, 5.41) is 8.00. The predicted octanol–water partition coefficient (Wildman–Crippen LogP) is 10.2. The van der Waals surface area contributed by atoms with E-state index >= 15 is 0 Å². The molecule has 0 saturated heterocycles. The van der Waals surface area contributed by atoms with E-state index < -0.39 is 15.8 Å². The van der Waals surface area contributed by atoms with Gasteiger partial charge in [-0.3, -0.25) is 0 Å². The van der Waals surface area contributed by atoms with Crippen LogP contribution in [0, 0.1) is 0 Å². The molecule has 0 atom stereocenters. The Hall–Kier alpha value is -4.02. The second-order valence-electron chi connectivity index (χ2n) is 16.0. The van der Waals surface area contributed by atoms with E-state index in [9.17, 15) is 0 Å². The van der Waals surface area contributed by atoms with Gasteiger partial charge in [0.15, 0.2) is 0 Å². The quantitative estimate of drug-likeness (QED) is 0.158. The van der Waals surface area contributed by atoms with Gasteiger partial charge in [-0.25, -0.2) is 0 Å². The third kappa shape index (κ3) is 6.48. The first kappa shape index (κ1) is 34.4. The van der Waals surface area contributed by atoms with Gasteiger partial charge in [-0.05, 0) is 76.5 Å². The van der Waals surface area contributed by atoms with E-state index in [0.717, 1.165) is 11.5 Å². The van der Waals surface area contributed by atoms with Crippen LogP contribution in [0.15, 0.2) is 146 Å². The molecule has 0 saturated carbocycles. The number of hydrogen-bond acceptors (Lipinski definition) is 1. The van der Waals surface area contributed by atoms with Gasteiger partial charge in [-0.2, -0.15) is 0 Å². The molecule has 7 rings (SSSR count). The van der Waals surface area contributed by atoms with Crippen molar-refractivity contribution in [1.29, 1.82) is 0 Å². The molecule has 6 aromatic carbocycles. The molecular formula is C47H48OP2. The minimum atomic E-state index is -0.893. The summed E-state index contributed by atoms with van der Waals surface area (Å²) in [7, 11) is -1.73. The lowest BCUT2D eigenvalue weighted by molar-refractivity contribution is 0.419. The molecular weight excluding hydrogens is 642 g/mol. The van der Waals surface area contributed by atoms with Crippen molar-refractivity contribution >= 4 is 47.7 Å². The highest BCUT2D eigenvalue weighted by Crippen LogP contribution is 2.53. The first-order chi connectivity index (χ1) is 23.8. The molecule has 3 heteroatoms. The molecule has 0 spiro atoms. The second kappa shape index (κ2) is 13.3. The fourth-order valence-electron chi connectivity index (χ4n) is 7.13. The standard InChI is InChI=1S/C47H48OP2/c1-45(2,3)33-29-40-44(43(30-33)50(36-25-17-11-18-26-36)37-27-19-12-20-28-37)48-41-32-42(39(46(4,5)6)31-38(41)47(40,7)8)49(34-21-13-9-14-22-34)35-23-15-10-16-24-35/h9-32H,1-8H3. The van der Waals surface area contributed by atoms with Crippen LogP contribution in [0.2, 0.25) is 0 Å². The van der Waals surface area contributed by atoms with Crippen molar-refractivity contribution in [2.75, 3.05) is 0 Å². The molecule has 1 aliphatic heterocycles. The highest BCUT2D eigenvalue weighted by Gasteiger charge is 2.40. The van der Waals surface area contributed by atoms with Crippen molar-refractivity contribution in [3.05, 3.63) is 168 Å². The molecule has 0 aliphatic carbocycles. The summed E-state index contributed by atoms with van der Waals surface area (Å²) in [6.07, 6.45) is 0. The van der Waals surface area contributed by atoms with Crippen LogP contribution < -0.4 is 36.6 Å². The smallest absolute Gasteiger partial charge is 0.139 e. The number of benzene rings is 6. The average molecular weight is 691 g/mol. The first-order valence-electron chi connectivity index (χ1n) is 17.7. The first-order valence-corrected chi connectivity index (χ1v) is 20.4. The lowest BCUT2D eigenvalue weighted by Crippen LogP contribution is -2.34. The van der Waals surface area contributed by atoms with Crippen LogP contribution in [0.3, 0.4) is 0 Å². The Kier molecular flexibility index (Phi) is 9.14. The van der Waals surface area contributed by atoms with Crippen LogP contribution in [0.5, 0.6) is 11.5 Å². The molecule has 0 unspecified atom stereocenters. The maximum Gasteiger partial charge on any atom is 0.139 e. The lowest BCUT2D eigenvalue weighted by atomic mass is 9.72. The summed E-state index contributed by atoms with van der Waals surface area (Å²) in [6.45, 7) is 18.9. The number of rotatable bonds is 6. The van der Waals surface area contributed by atoms with Gasteiger partial charge in [-0.1, -0.05) is 189 Å². The lowest BCUT2D eigenvalue weighted by Gasteiger charge is -2.40. The van der Waals surface area contributed by atoms with E-state index in [1.165, 1.54) is 54.1 Å². The molecule has 50 heavy (non-hydrogen) atoms. The van der Waals surface area contributed by atoms with Gasteiger partial charge in [0, 0.05) is 21.8 Å². The zero-order valence-corrected chi connectivity index (χ0v) is 32.4. The fraction of sp³-hybridized carbons (Fsp3) is 0.234. The van der Waals surface area contributed by atoms with Gasteiger partial charge < -0.3 is 4.74 Å². The number of fused-ring (bicyclic) bond motifs is 2. The molecule has 0 amide bonds. The maximum atomic E-state index is 7.39. The second-order valence-corrected chi connectivity index (χ2v) is 20.3. The van der Waals surface area contributed by atoms with Crippen molar-refractivity contribution in [3.63, 3.8) is 0 Å². The van der Waals surface area contributed by atoms with Crippen LogP contribution >= 0.6 is 15.8 Å². The van der Waals surface area contributed by atoms with Gasteiger partial charge >= 0.3 is 0 Å². The molecule has 0 radical (unpaired) electrons. The number of ether oxygens (including phenoxy) is 1. The largest absolute Gasteiger partial charge is 0.456 e. The molecule has 252 valence electrons. The van der Waals surface area contributed by atoms with E-state index in [1.54, 1.807) is 0 Å². The zero-order valence-electron chi connectivity index (χ0n) is 30.7. The van der Waals surface area contributed by atoms with E-state index in [-0.39, 0.29) is 16.2 Å². The van der Waals surface area contributed by atoms with Crippen molar-refractivity contribution in [2.24, 2.45) is 0 Å². The molecule has 1 heterocycles. The van der Waals surface area contributed by atoms with E-state index in [0.29, 0.717) is 0 Å². The molecule has 6 aromatic rings. The Morgan fingerprint density at radius 1 is 0.460 bits per heavy atom. The predicted molar refractivity (Wildman–Crippen MR) is 220 cm³/mol. The molecule has 0 N–H and O–H groups in total. The Morgan fingerprint density at radius 2 is 0.880 bits per heavy atom. The van der Waals surface area contributed by atoms with Crippen molar-refractivity contribution in [1.82, 2.24) is 0 Å². The normalized spacial score (nSPS) is 13.9. The summed E-state index contributed by atoms with van der Waals surface area (Å²) in [5.74, 6) is 2.00. The Morgan fingerprint density at radius 3 is 1.28 bits per heavy atom. The molecule has 1 nitrogen and oxygen atoms in total. The molecule has 0 fully saturated rings. The summed E-state index contributed by atoms with van der Waals surface area (Å²) in [4.78, 5) is 0. The Labute approximate surface area is 302 Å². The highest BCUT2D eigenvalue weighted by atomic mass is 31.1. The van der Waals surface area contributed by atoms with E-state index in [4.69, 9.17) is 4.74 Å². The van der Waals surface area contributed by atoms with Crippen molar-refractivity contribution in [2.45, 2.75) is 71.6 Å². The van der Waals surface area contributed by atoms with Crippen LogP contribution in [0.25, 0.3) is 0 Å². The van der Waals surface area contributed by atoms with Gasteiger partial charge in [-0.15, -0.1) is 0 Å². The minimum Gasteiger partial charge on any atom is -0.456 e. The van der Waals surface area contributed by atoms with Crippen LogP contribution in [0.4, 0.5) is 0 Å². The van der Waals surface area contributed by atoms with Crippen LogP contribution in [-0.2, 0) is 16.2 Å². The Balaban J connectivity index is 1.52. The monoisotopic (exact) mass is 690 g/mol. The van der Waals surface area contributed by atoms with Crippen LogP contribution in [-0.4, -0.2) is 0 Å². The van der Waals surface area contributed by atoms with E-state index in [1.807, 2.05) is 0 Å². The summed E-state index contributed by atoms with van der Waals surface area (Å²) >= 11 is 0. The van der Waals surface area contributed by atoms with Gasteiger partial charge in [0.1, 0.15) is 11.5 Å². The third-order valence-corrected chi connectivity index (χ3v) is 14.9. The van der Waals surface area contributed by atoms with Gasteiger partial charge in [0.2, 0.25) is 0 Å². The van der Waals surface area contributed by atoms with Crippen molar-refractivity contribution < 1.29 is 4.74 Å². The molecule has 0 bridgehead atoms. The summed E-state index contributed by atoms with van der Waals surface area (Å²) in [6, 6.07) is 54.0. The SMILES string of the molecule is CC(C)(C)c1cc(P(c2ccccc2)c2ccccc2)c2c(c1)C(C)(C)c1cc(C(C)(C)C)c(P(c3ccccc3)c3ccccc3)cc1O2. The van der Waals surface area contributed by atoms with E-state index in [2.05, 4.69) is 201 Å². The summed E-state index contributed by atoms with van der Waals surface area (Å²) < 4.78 is 7.39. The molecule has 0 aromatic heterocycles. The molecule has 1 aliphatic rings. The fourth-order valence-corrected chi connectivity index (χ4v) is 12.2. The van der Waals surface area contributed by atoms with Crippen LogP contribution in [0.1, 0.15) is 77.6 Å². The maximum absolute atomic E-state index is 7.39. The average Bonchev–Trinajstić information content (AvgIpc) is 3.09. The third-order valence-electron chi connectivity index (χ3n) is 9.94. The minimum absolute atomic E-state index is 0.0316. The van der Waals surface area contributed by atoms with Crippen molar-refractivity contribution in [3.8, 4) is 11.5 Å². The number of hydrogen-bond donors (Lipinski definition) is 0. The highest BCUT2D eigenvalue weighted by molar-refractivity contribution is 7.80.